The molecule has 22 heavy (non-hydrogen) atoms. The molecule has 2 N–H and O–H groups in total. The van der Waals surface area contributed by atoms with Crippen LogP contribution >= 0.6 is 11.5 Å². The Hall–Kier alpha value is -2.14. The Kier molecular flexibility index (Phi) is 7.32. The summed E-state index contributed by atoms with van der Waals surface area (Å²) in [6.45, 7) is 9.90. The minimum atomic E-state index is -0.260. The number of urea groups is 1. The molecule has 4 nitrogen and oxygen atoms in total. The van der Waals surface area contributed by atoms with Crippen molar-refractivity contribution in [3.63, 3.8) is 0 Å². The maximum atomic E-state index is 11.9. The van der Waals surface area contributed by atoms with E-state index in [1.807, 2.05) is 71.0 Å². The zero-order valence-corrected chi connectivity index (χ0v) is 14.5. The van der Waals surface area contributed by atoms with E-state index >= 15 is 0 Å². The molecule has 1 heterocycles. The molecule has 122 valence electrons. The highest BCUT2D eigenvalue weighted by Crippen LogP contribution is 2.18. The van der Waals surface area contributed by atoms with Gasteiger partial charge in [-0.3, -0.25) is 5.32 Å². The molecule has 2 aromatic rings. The molecule has 0 aliphatic rings. The van der Waals surface area contributed by atoms with E-state index in [2.05, 4.69) is 15.0 Å². The summed E-state index contributed by atoms with van der Waals surface area (Å²) in [4.78, 5) is 11.9. The summed E-state index contributed by atoms with van der Waals surface area (Å²) >= 11 is 1.27. The van der Waals surface area contributed by atoms with Gasteiger partial charge in [0.1, 0.15) is 5.00 Å². The van der Waals surface area contributed by atoms with E-state index in [0.717, 1.165) is 21.9 Å². The van der Waals surface area contributed by atoms with Crippen LogP contribution in [0.1, 0.15) is 40.4 Å². The summed E-state index contributed by atoms with van der Waals surface area (Å²) in [5.41, 5.74) is 3.93. The Morgan fingerprint density at radius 3 is 2.55 bits per heavy atom. The molecule has 0 atom stereocenters. The number of hydrogen-bond acceptors (Lipinski definition) is 3. The van der Waals surface area contributed by atoms with Crippen LogP contribution in [0, 0.1) is 13.8 Å². The van der Waals surface area contributed by atoms with Crippen molar-refractivity contribution >= 4 is 34.3 Å². The lowest BCUT2D eigenvalue weighted by Gasteiger charge is -2.08. The van der Waals surface area contributed by atoms with Gasteiger partial charge >= 0.3 is 6.03 Å². The summed E-state index contributed by atoms with van der Waals surface area (Å²) in [6.07, 6.45) is 4.00. The van der Waals surface area contributed by atoms with Crippen molar-refractivity contribution in [2.24, 2.45) is 0 Å². The van der Waals surface area contributed by atoms with Crippen LogP contribution in [0.5, 0.6) is 0 Å². The number of hydrogen-bond donors (Lipinski definition) is 2. The fourth-order valence-electron chi connectivity index (χ4n) is 1.77. The topological polar surface area (TPSA) is 54.0 Å². The largest absolute Gasteiger partial charge is 0.324 e. The van der Waals surface area contributed by atoms with E-state index in [4.69, 9.17) is 0 Å². The fourth-order valence-corrected chi connectivity index (χ4v) is 2.43. The molecule has 0 spiro atoms. The average Bonchev–Trinajstić information content (AvgIpc) is 2.90. The van der Waals surface area contributed by atoms with E-state index in [9.17, 15) is 4.79 Å². The summed E-state index contributed by atoms with van der Waals surface area (Å²) in [5.74, 6) is 0. The summed E-state index contributed by atoms with van der Waals surface area (Å²) in [6, 6.07) is 7.41. The molecular formula is C17H27N3OS. The number of nitrogens with zero attached hydrogens (tertiary/aromatic N) is 1. The molecular weight excluding hydrogens is 294 g/mol. The molecule has 0 radical (unpaired) electrons. The van der Waals surface area contributed by atoms with Crippen molar-refractivity contribution in [3.05, 3.63) is 47.2 Å². The van der Waals surface area contributed by atoms with Gasteiger partial charge in [0.15, 0.2) is 0 Å². The van der Waals surface area contributed by atoms with Crippen molar-refractivity contribution in [1.82, 2.24) is 4.37 Å². The van der Waals surface area contributed by atoms with E-state index in [1.165, 1.54) is 17.1 Å². The molecule has 1 aromatic heterocycles. The highest BCUT2D eigenvalue weighted by molar-refractivity contribution is 7.10. The third-order valence-corrected chi connectivity index (χ3v) is 3.54. The standard InChI is InChI=1S/C15H17N3OS.C2H6.2H2/c1-4-5-12-9-13(7-6-10(12)2)16-15(19)17-14-8-11(3)18-20-14;1-2;;/h4-9H,1-3H3,(H2,16,17,19);1-2H3;2*1H/b5-4-;;;. The molecule has 1 aromatic carbocycles. The molecule has 0 aliphatic carbocycles. The van der Waals surface area contributed by atoms with Crippen LogP contribution in [0.25, 0.3) is 6.08 Å². The second kappa shape index (κ2) is 9.00. The van der Waals surface area contributed by atoms with Gasteiger partial charge in [0.05, 0.1) is 5.69 Å². The van der Waals surface area contributed by atoms with Gasteiger partial charge in [-0.15, -0.1) is 0 Å². The molecule has 2 amide bonds. The van der Waals surface area contributed by atoms with Crippen LogP contribution in [0.15, 0.2) is 30.3 Å². The minimum absolute atomic E-state index is 0. The lowest BCUT2D eigenvalue weighted by Crippen LogP contribution is -2.18. The first-order valence-corrected chi connectivity index (χ1v) is 8.10. The first-order valence-electron chi connectivity index (χ1n) is 7.33. The number of anilines is 2. The summed E-state index contributed by atoms with van der Waals surface area (Å²) in [7, 11) is 0. The Balaban J connectivity index is 0. The second-order valence-corrected chi connectivity index (χ2v) is 5.29. The van der Waals surface area contributed by atoms with Crippen molar-refractivity contribution in [3.8, 4) is 0 Å². The van der Waals surface area contributed by atoms with Gasteiger partial charge in [-0.05, 0) is 61.6 Å². The monoisotopic (exact) mass is 321 g/mol. The van der Waals surface area contributed by atoms with Crippen LogP contribution in [-0.4, -0.2) is 10.4 Å². The van der Waals surface area contributed by atoms with E-state index in [1.54, 1.807) is 0 Å². The Labute approximate surface area is 139 Å². The van der Waals surface area contributed by atoms with Gasteiger partial charge in [0.25, 0.3) is 0 Å². The smallest absolute Gasteiger partial charge is 0.308 e. The van der Waals surface area contributed by atoms with Crippen molar-refractivity contribution in [2.75, 3.05) is 10.6 Å². The SMILES string of the molecule is C/C=C\c1cc(NC(=O)Nc2cc(C)ns2)ccc1C.CC.[HH].[HH]. The Morgan fingerprint density at radius 1 is 1.23 bits per heavy atom. The number of rotatable bonds is 3. The van der Waals surface area contributed by atoms with Gasteiger partial charge < -0.3 is 5.32 Å². The van der Waals surface area contributed by atoms with Crippen LogP contribution in [0.3, 0.4) is 0 Å². The normalized spacial score (nSPS) is 10.0. The summed E-state index contributed by atoms with van der Waals surface area (Å²) < 4.78 is 4.12. The Morgan fingerprint density at radius 2 is 1.95 bits per heavy atom. The van der Waals surface area contributed by atoms with Gasteiger partial charge in [-0.2, -0.15) is 4.37 Å². The maximum absolute atomic E-state index is 11.9. The minimum Gasteiger partial charge on any atom is -0.308 e. The second-order valence-electron chi connectivity index (χ2n) is 4.48. The first kappa shape index (κ1) is 17.9. The zero-order chi connectivity index (χ0) is 16.5. The molecule has 2 rings (SSSR count). The van der Waals surface area contributed by atoms with Crippen molar-refractivity contribution in [1.29, 1.82) is 0 Å². The quantitative estimate of drug-likeness (QED) is 0.733. The molecule has 0 aliphatic heterocycles. The highest BCUT2D eigenvalue weighted by Gasteiger charge is 2.06. The molecule has 0 saturated heterocycles. The third kappa shape index (κ3) is 5.33. The highest BCUT2D eigenvalue weighted by atomic mass is 32.1. The molecule has 5 heteroatoms. The van der Waals surface area contributed by atoms with Crippen LogP contribution in [0.4, 0.5) is 15.5 Å². The van der Waals surface area contributed by atoms with Gasteiger partial charge in [0.2, 0.25) is 0 Å². The number of allylic oxidation sites excluding steroid dienone is 1. The lowest BCUT2D eigenvalue weighted by molar-refractivity contribution is 0.262. The Bertz CT molecular complexity index is 657. The maximum Gasteiger partial charge on any atom is 0.324 e. The number of carbonyl (C=O) groups excluding carboxylic acids is 1. The summed E-state index contributed by atoms with van der Waals surface area (Å²) in [5, 5.41) is 6.32. The van der Waals surface area contributed by atoms with Crippen LogP contribution in [-0.2, 0) is 0 Å². The van der Waals surface area contributed by atoms with Crippen LogP contribution in [0.2, 0.25) is 0 Å². The number of aromatic nitrogens is 1. The van der Waals surface area contributed by atoms with E-state index < -0.39 is 0 Å². The molecule has 0 saturated carbocycles. The zero-order valence-electron chi connectivity index (χ0n) is 13.7. The van der Waals surface area contributed by atoms with Crippen LogP contribution < -0.4 is 10.6 Å². The van der Waals surface area contributed by atoms with E-state index in [0.29, 0.717) is 0 Å². The molecule has 0 bridgehead atoms. The lowest BCUT2D eigenvalue weighted by atomic mass is 10.1. The third-order valence-electron chi connectivity index (χ3n) is 2.75. The first-order chi connectivity index (χ1) is 10.6. The molecule has 0 fully saturated rings. The average molecular weight is 321 g/mol. The number of amides is 2. The van der Waals surface area contributed by atoms with Gasteiger partial charge in [-0.1, -0.05) is 32.1 Å². The fraction of sp³-hybridized carbons (Fsp3) is 0.294. The number of carbonyl (C=O) groups is 1. The number of nitrogens with one attached hydrogen (secondary N) is 2. The predicted octanol–water partition coefficient (Wildman–Crippen LogP) is 5.96. The van der Waals surface area contributed by atoms with E-state index in [-0.39, 0.29) is 8.88 Å². The number of benzene rings is 1. The predicted molar refractivity (Wildman–Crippen MR) is 101 cm³/mol. The number of aryl methyl sites for hydroxylation is 2. The molecule has 0 unspecified atom stereocenters. The van der Waals surface area contributed by atoms with Crippen molar-refractivity contribution in [2.45, 2.75) is 34.6 Å². The van der Waals surface area contributed by atoms with Crippen molar-refractivity contribution < 1.29 is 7.65 Å². The van der Waals surface area contributed by atoms with Gasteiger partial charge in [-0.25, -0.2) is 4.79 Å². The van der Waals surface area contributed by atoms with Gasteiger partial charge in [0, 0.05) is 8.54 Å².